The van der Waals surface area contributed by atoms with E-state index in [1.165, 1.54) is 58.6 Å². The van der Waals surface area contributed by atoms with E-state index in [4.69, 9.17) is 4.42 Å². The summed E-state index contributed by atoms with van der Waals surface area (Å²) in [7, 11) is 0. The summed E-state index contributed by atoms with van der Waals surface area (Å²) in [6, 6.07) is 77.0. The molecule has 0 aliphatic rings. The van der Waals surface area contributed by atoms with Crippen LogP contribution < -0.4 is 4.90 Å². The summed E-state index contributed by atoms with van der Waals surface area (Å²) in [6.45, 7) is 0. The van der Waals surface area contributed by atoms with Crippen molar-refractivity contribution in [1.29, 1.82) is 0 Å². The summed E-state index contributed by atoms with van der Waals surface area (Å²) < 4.78 is 9.19. The number of hydrogen-bond acceptors (Lipinski definition) is 3. The zero-order valence-electron chi connectivity index (χ0n) is 32.0. The lowest BCUT2D eigenvalue weighted by molar-refractivity contribution is 0.673. The van der Waals surface area contributed by atoms with Crippen molar-refractivity contribution in [2.45, 2.75) is 0 Å². The van der Waals surface area contributed by atoms with Crippen molar-refractivity contribution >= 4 is 92.1 Å². The molecule has 3 heteroatoms. The van der Waals surface area contributed by atoms with Crippen molar-refractivity contribution in [3.8, 4) is 33.4 Å². The molecule has 0 atom stereocenters. The molecule has 59 heavy (non-hydrogen) atoms. The molecule has 0 unspecified atom stereocenters. The lowest BCUT2D eigenvalue weighted by Crippen LogP contribution is -2.10. The third-order valence-electron chi connectivity index (χ3n) is 11.8. The van der Waals surface area contributed by atoms with E-state index in [9.17, 15) is 0 Å². The molecule has 0 amide bonds. The zero-order chi connectivity index (χ0) is 38.9. The van der Waals surface area contributed by atoms with E-state index < -0.39 is 0 Å². The molecule has 2 aromatic heterocycles. The second-order valence-corrected chi connectivity index (χ2v) is 16.4. The minimum Gasteiger partial charge on any atom is -0.455 e. The number of anilines is 3. The number of furan rings is 1. The van der Waals surface area contributed by atoms with Gasteiger partial charge < -0.3 is 9.32 Å². The number of fused-ring (bicyclic) bond motifs is 9. The summed E-state index contributed by atoms with van der Waals surface area (Å²) in [5.41, 5.74) is 12.2. The Morgan fingerprint density at radius 3 is 1.81 bits per heavy atom. The Balaban J connectivity index is 0.964. The van der Waals surface area contributed by atoms with Gasteiger partial charge in [0.05, 0.1) is 0 Å². The highest BCUT2D eigenvalue weighted by molar-refractivity contribution is 7.25. The Morgan fingerprint density at radius 1 is 0.339 bits per heavy atom. The Kier molecular flexibility index (Phi) is 7.75. The predicted molar refractivity (Wildman–Crippen MR) is 253 cm³/mol. The van der Waals surface area contributed by atoms with E-state index in [-0.39, 0.29) is 0 Å². The number of hydrogen-bond donors (Lipinski definition) is 0. The van der Waals surface area contributed by atoms with Crippen molar-refractivity contribution in [2.75, 3.05) is 4.90 Å². The number of nitrogens with zero attached hydrogens (tertiary/aromatic N) is 1. The average Bonchev–Trinajstić information content (AvgIpc) is 3.88. The lowest BCUT2D eigenvalue weighted by Gasteiger charge is -2.26. The first-order valence-electron chi connectivity index (χ1n) is 20.1. The fraction of sp³-hybridized carbons (Fsp3) is 0. The largest absolute Gasteiger partial charge is 0.455 e. The van der Waals surface area contributed by atoms with Crippen LogP contribution in [0.4, 0.5) is 17.1 Å². The smallest absolute Gasteiger partial charge is 0.143 e. The standard InChI is InChI=1S/C56H35NOS/c1-2-11-40-33-42(20-19-36(40)9-1)41-12-7-13-46(34-41)57(44-27-21-37(22-28-44)43-26-32-54-51(35-43)49-15-5-6-18-53(49)59-54)45-29-23-39(24-30-45)47-16-8-17-52-55(47)50-31-25-38-10-3-4-14-48(38)56(50)58-52/h1-35H. The molecule has 0 saturated heterocycles. The van der Waals surface area contributed by atoms with Crippen LogP contribution in [0.25, 0.3) is 97.0 Å². The van der Waals surface area contributed by atoms with Crippen LogP contribution >= 0.6 is 11.3 Å². The van der Waals surface area contributed by atoms with Gasteiger partial charge in [-0.1, -0.05) is 140 Å². The molecule has 12 rings (SSSR count). The van der Waals surface area contributed by atoms with Crippen LogP contribution in [0, 0.1) is 0 Å². The first kappa shape index (κ1) is 33.7. The number of rotatable bonds is 6. The monoisotopic (exact) mass is 769 g/mol. The highest BCUT2D eigenvalue weighted by Gasteiger charge is 2.18. The van der Waals surface area contributed by atoms with Crippen LogP contribution in [0.15, 0.2) is 217 Å². The molecule has 12 aromatic rings. The van der Waals surface area contributed by atoms with Gasteiger partial charge in [0.15, 0.2) is 0 Å². The van der Waals surface area contributed by atoms with E-state index in [0.29, 0.717) is 0 Å². The van der Waals surface area contributed by atoms with E-state index >= 15 is 0 Å². The molecular weight excluding hydrogens is 735 g/mol. The van der Waals surface area contributed by atoms with E-state index in [1.54, 1.807) is 0 Å². The van der Waals surface area contributed by atoms with Crippen LogP contribution in [0.2, 0.25) is 0 Å². The molecule has 2 heterocycles. The van der Waals surface area contributed by atoms with Gasteiger partial charge in [-0.25, -0.2) is 0 Å². The van der Waals surface area contributed by atoms with E-state index in [2.05, 4.69) is 217 Å². The van der Waals surface area contributed by atoms with Crippen molar-refractivity contribution in [3.05, 3.63) is 212 Å². The van der Waals surface area contributed by atoms with Gasteiger partial charge in [0, 0.05) is 53.4 Å². The van der Waals surface area contributed by atoms with Gasteiger partial charge in [-0.2, -0.15) is 0 Å². The summed E-state index contributed by atoms with van der Waals surface area (Å²) >= 11 is 1.86. The minimum atomic E-state index is 0.900. The molecule has 0 bridgehead atoms. The molecule has 0 aliphatic heterocycles. The quantitative estimate of drug-likeness (QED) is 0.167. The maximum atomic E-state index is 6.55. The van der Waals surface area contributed by atoms with Gasteiger partial charge in [-0.15, -0.1) is 11.3 Å². The summed E-state index contributed by atoms with van der Waals surface area (Å²) in [5.74, 6) is 0. The molecule has 0 spiro atoms. The molecule has 276 valence electrons. The molecule has 10 aromatic carbocycles. The molecule has 0 fully saturated rings. The molecule has 0 saturated carbocycles. The minimum absolute atomic E-state index is 0.900. The fourth-order valence-corrected chi connectivity index (χ4v) is 10.0. The molecule has 0 radical (unpaired) electrons. The molecular formula is C56H35NOS. The first-order valence-corrected chi connectivity index (χ1v) is 20.9. The van der Waals surface area contributed by atoms with Crippen molar-refractivity contribution in [2.24, 2.45) is 0 Å². The van der Waals surface area contributed by atoms with Crippen LogP contribution in [0.3, 0.4) is 0 Å². The fourth-order valence-electron chi connectivity index (χ4n) is 8.93. The van der Waals surface area contributed by atoms with Gasteiger partial charge in [-0.3, -0.25) is 0 Å². The Labute approximate surface area is 345 Å². The Morgan fingerprint density at radius 2 is 0.966 bits per heavy atom. The van der Waals surface area contributed by atoms with E-state index in [0.717, 1.165) is 55.5 Å². The van der Waals surface area contributed by atoms with Gasteiger partial charge in [0.25, 0.3) is 0 Å². The van der Waals surface area contributed by atoms with Crippen LogP contribution in [-0.4, -0.2) is 0 Å². The normalized spacial score (nSPS) is 11.7. The third-order valence-corrected chi connectivity index (χ3v) is 13.0. The van der Waals surface area contributed by atoms with Crippen LogP contribution in [0.1, 0.15) is 0 Å². The SMILES string of the molecule is c1cc(-c2ccc3ccccc3c2)cc(N(c2ccc(-c3ccc4sc5ccccc5c4c3)cc2)c2ccc(-c3cccc4oc5c6ccccc6ccc5c34)cc2)c1. The number of benzene rings is 10. The molecule has 0 N–H and O–H groups in total. The lowest BCUT2D eigenvalue weighted by atomic mass is 9.97. The summed E-state index contributed by atoms with van der Waals surface area (Å²) in [4.78, 5) is 2.37. The Hall–Kier alpha value is -7.46. The van der Waals surface area contributed by atoms with Crippen LogP contribution in [-0.2, 0) is 0 Å². The van der Waals surface area contributed by atoms with Gasteiger partial charge in [-0.05, 0) is 122 Å². The maximum absolute atomic E-state index is 6.55. The summed E-state index contributed by atoms with van der Waals surface area (Å²) in [6.07, 6.45) is 0. The summed E-state index contributed by atoms with van der Waals surface area (Å²) in [5, 5.41) is 9.70. The topological polar surface area (TPSA) is 16.4 Å². The van der Waals surface area contributed by atoms with E-state index in [1.807, 2.05) is 11.3 Å². The van der Waals surface area contributed by atoms with Gasteiger partial charge in [0.2, 0.25) is 0 Å². The highest BCUT2D eigenvalue weighted by atomic mass is 32.1. The van der Waals surface area contributed by atoms with Crippen molar-refractivity contribution in [1.82, 2.24) is 0 Å². The predicted octanol–water partition coefficient (Wildman–Crippen LogP) is 16.7. The van der Waals surface area contributed by atoms with Crippen molar-refractivity contribution < 1.29 is 4.42 Å². The number of thiophene rings is 1. The molecule has 2 nitrogen and oxygen atoms in total. The zero-order valence-corrected chi connectivity index (χ0v) is 32.8. The Bertz CT molecular complexity index is 3560. The second-order valence-electron chi connectivity index (χ2n) is 15.3. The second kappa shape index (κ2) is 13.6. The van der Waals surface area contributed by atoms with Crippen molar-refractivity contribution in [3.63, 3.8) is 0 Å². The van der Waals surface area contributed by atoms with Gasteiger partial charge >= 0.3 is 0 Å². The van der Waals surface area contributed by atoms with Crippen LogP contribution in [0.5, 0.6) is 0 Å². The maximum Gasteiger partial charge on any atom is 0.143 e. The third kappa shape index (κ3) is 5.70. The average molecular weight is 770 g/mol. The molecule has 0 aliphatic carbocycles. The highest BCUT2D eigenvalue weighted by Crippen LogP contribution is 2.43. The first-order chi connectivity index (χ1) is 29.2. The van der Waals surface area contributed by atoms with Gasteiger partial charge in [0.1, 0.15) is 11.2 Å².